The molecule has 0 aromatic heterocycles. The van der Waals surface area contributed by atoms with Gasteiger partial charge in [0.25, 0.3) is 0 Å². The van der Waals surface area contributed by atoms with E-state index in [1.807, 2.05) is 36.4 Å². The number of para-hydroxylation sites is 1. The number of aromatic hydroxyl groups is 1. The third kappa shape index (κ3) is 4.40. The topological polar surface area (TPSA) is 49.5 Å². The Morgan fingerprint density at radius 2 is 1.77 bits per heavy atom. The van der Waals surface area contributed by atoms with E-state index in [1.165, 1.54) is 5.56 Å². The Bertz CT molecular complexity index is 750. The van der Waals surface area contributed by atoms with Gasteiger partial charge in [0.15, 0.2) is 0 Å². The third-order valence-corrected chi connectivity index (χ3v) is 5.40. The highest BCUT2D eigenvalue weighted by Crippen LogP contribution is 2.35. The van der Waals surface area contributed by atoms with Gasteiger partial charge in [-0.1, -0.05) is 44.2 Å². The van der Waals surface area contributed by atoms with Crippen molar-refractivity contribution < 1.29 is 5.11 Å². The van der Waals surface area contributed by atoms with Gasteiger partial charge in [0.05, 0.1) is 0 Å². The number of nitrogen functional groups attached to an aromatic ring is 1. The van der Waals surface area contributed by atoms with E-state index in [2.05, 4.69) is 50.8 Å². The summed E-state index contributed by atoms with van der Waals surface area (Å²) in [6.45, 7) is 10.5. The molecular weight excluding hydrogens is 320 g/mol. The van der Waals surface area contributed by atoms with Crippen molar-refractivity contribution in [1.82, 2.24) is 0 Å². The van der Waals surface area contributed by atoms with Crippen LogP contribution in [0.2, 0.25) is 0 Å². The predicted octanol–water partition coefficient (Wildman–Crippen LogP) is 5.59. The average molecular weight is 353 g/mol. The van der Waals surface area contributed by atoms with Crippen molar-refractivity contribution in [2.24, 2.45) is 0 Å². The summed E-state index contributed by atoms with van der Waals surface area (Å²) in [6.07, 6.45) is 6.02. The first-order valence-corrected chi connectivity index (χ1v) is 9.54. The van der Waals surface area contributed by atoms with Crippen molar-refractivity contribution in [3.05, 3.63) is 59.7 Å². The molecule has 0 saturated carbocycles. The molecule has 0 radical (unpaired) electrons. The Hall–Kier alpha value is -2.42. The molecule has 3 heteroatoms. The molecule has 0 bridgehead atoms. The van der Waals surface area contributed by atoms with Crippen molar-refractivity contribution in [2.75, 3.05) is 23.7 Å². The maximum absolute atomic E-state index is 10.4. The Kier molecular flexibility index (Phi) is 6.73. The Morgan fingerprint density at radius 3 is 2.35 bits per heavy atom. The van der Waals surface area contributed by atoms with Crippen LogP contribution in [0.15, 0.2) is 48.5 Å². The summed E-state index contributed by atoms with van der Waals surface area (Å²) in [6, 6.07) is 14.0. The van der Waals surface area contributed by atoms with Gasteiger partial charge >= 0.3 is 0 Å². The van der Waals surface area contributed by atoms with Crippen LogP contribution in [0, 0.1) is 0 Å². The lowest BCUT2D eigenvalue weighted by Crippen LogP contribution is -2.21. The zero-order valence-corrected chi connectivity index (χ0v) is 16.5. The van der Waals surface area contributed by atoms with Crippen LogP contribution in [-0.4, -0.2) is 18.2 Å². The van der Waals surface area contributed by atoms with Crippen LogP contribution in [0.1, 0.15) is 51.7 Å². The SMILES string of the molecule is CCN(CC)c1ccc(/C=C/CC(C)(CC)c2ccccc2N)c(O)c1. The van der Waals surface area contributed by atoms with Crippen molar-refractivity contribution in [1.29, 1.82) is 0 Å². The summed E-state index contributed by atoms with van der Waals surface area (Å²) >= 11 is 0. The maximum Gasteiger partial charge on any atom is 0.124 e. The second-order valence-corrected chi connectivity index (χ2v) is 7.02. The zero-order chi connectivity index (χ0) is 19.2. The van der Waals surface area contributed by atoms with E-state index < -0.39 is 0 Å². The van der Waals surface area contributed by atoms with Crippen LogP contribution < -0.4 is 10.6 Å². The molecule has 2 aromatic rings. The van der Waals surface area contributed by atoms with Gasteiger partial charge in [0.2, 0.25) is 0 Å². The molecule has 0 aliphatic heterocycles. The summed E-state index contributed by atoms with van der Waals surface area (Å²) in [7, 11) is 0. The van der Waals surface area contributed by atoms with Crippen LogP contribution >= 0.6 is 0 Å². The first-order valence-electron chi connectivity index (χ1n) is 9.54. The first-order chi connectivity index (χ1) is 12.4. The molecule has 3 nitrogen and oxygen atoms in total. The lowest BCUT2D eigenvalue weighted by molar-refractivity contribution is 0.463. The van der Waals surface area contributed by atoms with Crippen LogP contribution in [0.4, 0.5) is 11.4 Å². The average Bonchev–Trinajstić information content (AvgIpc) is 2.64. The van der Waals surface area contributed by atoms with E-state index in [-0.39, 0.29) is 5.41 Å². The fourth-order valence-corrected chi connectivity index (χ4v) is 3.40. The molecule has 0 spiro atoms. The predicted molar refractivity (Wildman–Crippen MR) is 114 cm³/mol. The molecule has 0 fully saturated rings. The van der Waals surface area contributed by atoms with Crippen molar-refractivity contribution >= 4 is 17.5 Å². The monoisotopic (exact) mass is 352 g/mol. The van der Waals surface area contributed by atoms with E-state index >= 15 is 0 Å². The van der Waals surface area contributed by atoms with Gasteiger partial charge < -0.3 is 15.7 Å². The zero-order valence-electron chi connectivity index (χ0n) is 16.5. The number of phenols is 1. The summed E-state index contributed by atoms with van der Waals surface area (Å²) < 4.78 is 0. The molecular formula is C23H32N2O. The van der Waals surface area contributed by atoms with Crippen LogP contribution in [-0.2, 0) is 5.41 Å². The molecule has 1 unspecified atom stereocenters. The van der Waals surface area contributed by atoms with Crippen LogP contribution in [0.25, 0.3) is 6.08 Å². The Morgan fingerprint density at radius 1 is 1.08 bits per heavy atom. The van der Waals surface area contributed by atoms with Gasteiger partial charge in [-0.15, -0.1) is 0 Å². The second-order valence-electron chi connectivity index (χ2n) is 7.02. The molecule has 1 atom stereocenters. The maximum atomic E-state index is 10.4. The molecule has 140 valence electrons. The minimum atomic E-state index is -0.0153. The molecule has 3 N–H and O–H groups in total. The van der Waals surface area contributed by atoms with Crippen LogP contribution in [0.3, 0.4) is 0 Å². The highest BCUT2D eigenvalue weighted by atomic mass is 16.3. The summed E-state index contributed by atoms with van der Waals surface area (Å²) in [5, 5.41) is 10.4. The quantitative estimate of drug-likeness (QED) is 0.609. The number of anilines is 2. The number of allylic oxidation sites excluding steroid dienone is 1. The van der Waals surface area contributed by atoms with Crippen molar-refractivity contribution in [3.63, 3.8) is 0 Å². The molecule has 2 aromatic carbocycles. The van der Waals surface area contributed by atoms with Gasteiger partial charge in [0, 0.05) is 36.1 Å². The van der Waals surface area contributed by atoms with E-state index in [4.69, 9.17) is 5.73 Å². The van der Waals surface area contributed by atoms with E-state index in [0.717, 1.165) is 42.9 Å². The lowest BCUT2D eigenvalue weighted by atomic mass is 9.76. The fraction of sp³-hybridized carbons (Fsp3) is 0.391. The number of benzene rings is 2. The van der Waals surface area contributed by atoms with E-state index in [1.54, 1.807) is 0 Å². The molecule has 0 aliphatic rings. The molecule has 0 heterocycles. The lowest BCUT2D eigenvalue weighted by Gasteiger charge is -2.29. The minimum Gasteiger partial charge on any atom is -0.507 e. The smallest absolute Gasteiger partial charge is 0.124 e. The van der Waals surface area contributed by atoms with Gasteiger partial charge in [-0.3, -0.25) is 0 Å². The summed E-state index contributed by atoms with van der Waals surface area (Å²) in [5.41, 5.74) is 10.1. The number of rotatable bonds is 8. The standard InChI is InChI=1S/C23H32N2O/c1-5-23(4,20-12-8-9-13-21(20)24)16-10-11-18-14-15-19(17-22(18)26)25(6-2)7-3/h8-15,17,26H,5-7,16,24H2,1-4H3/b11-10+. The van der Waals surface area contributed by atoms with Gasteiger partial charge in [-0.05, 0) is 55.9 Å². The van der Waals surface area contributed by atoms with Crippen LogP contribution in [0.5, 0.6) is 5.75 Å². The number of nitrogens with two attached hydrogens (primary N) is 1. The third-order valence-electron chi connectivity index (χ3n) is 5.40. The fourth-order valence-electron chi connectivity index (χ4n) is 3.40. The van der Waals surface area contributed by atoms with Gasteiger partial charge in [-0.25, -0.2) is 0 Å². The second kappa shape index (κ2) is 8.79. The molecule has 0 saturated heterocycles. The van der Waals surface area contributed by atoms with Crippen molar-refractivity contribution in [2.45, 2.75) is 46.0 Å². The molecule has 2 rings (SSSR count). The Labute approximate surface area is 158 Å². The first kappa shape index (κ1) is 19.9. The van der Waals surface area contributed by atoms with Gasteiger partial charge in [0.1, 0.15) is 5.75 Å². The normalized spacial score (nSPS) is 13.7. The number of hydrogen-bond donors (Lipinski definition) is 2. The summed E-state index contributed by atoms with van der Waals surface area (Å²) in [5.74, 6) is 0.322. The Balaban J connectivity index is 2.18. The van der Waals surface area contributed by atoms with E-state index in [0.29, 0.717) is 5.75 Å². The highest BCUT2D eigenvalue weighted by molar-refractivity contribution is 5.63. The molecule has 0 aliphatic carbocycles. The molecule has 0 amide bonds. The number of phenolic OH excluding ortho intramolecular Hbond substituents is 1. The summed E-state index contributed by atoms with van der Waals surface area (Å²) in [4.78, 5) is 2.22. The highest BCUT2D eigenvalue weighted by Gasteiger charge is 2.25. The largest absolute Gasteiger partial charge is 0.507 e. The number of nitrogens with zero attached hydrogens (tertiary/aromatic N) is 1. The van der Waals surface area contributed by atoms with Crippen molar-refractivity contribution in [3.8, 4) is 5.75 Å². The minimum absolute atomic E-state index is 0.0153. The van der Waals surface area contributed by atoms with E-state index in [9.17, 15) is 5.11 Å². The number of hydrogen-bond acceptors (Lipinski definition) is 3. The van der Waals surface area contributed by atoms with Gasteiger partial charge in [-0.2, -0.15) is 0 Å². The molecule has 26 heavy (non-hydrogen) atoms.